The summed E-state index contributed by atoms with van der Waals surface area (Å²) in [5.41, 5.74) is 0.691. The van der Waals surface area contributed by atoms with Crippen molar-refractivity contribution < 1.29 is 19.1 Å². The molecule has 0 spiro atoms. The molecular weight excluding hydrogens is 327 g/mol. The van der Waals surface area contributed by atoms with Crippen molar-refractivity contribution >= 4 is 35.1 Å². The molecule has 0 radical (unpaired) electrons. The summed E-state index contributed by atoms with van der Waals surface area (Å²) in [4.78, 5) is 23.0. The van der Waals surface area contributed by atoms with Crippen molar-refractivity contribution in [2.45, 2.75) is 39.7 Å². The van der Waals surface area contributed by atoms with E-state index in [0.717, 1.165) is 0 Å². The van der Waals surface area contributed by atoms with Gasteiger partial charge in [0.15, 0.2) is 0 Å². The second kappa shape index (κ2) is 9.70. The fourth-order valence-corrected chi connectivity index (χ4v) is 2.04. The lowest BCUT2D eigenvalue weighted by molar-refractivity contribution is -0.146. The van der Waals surface area contributed by atoms with Crippen LogP contribution in [0, 0.1) is 5.92 Å². The SMILES string of the molecule is CC(C)COC(=O)CCCC(=O)OCc1ccc(Cl)cc1Cl. The Balaban J connectivity index is 2.22. The van der Waals surface area contributed by atoms with Crippen molar-refractivity contribution in [2.75, 3.05) is 6.61 Å². The quantitative estimate of drug-likeness (QED) is 0.654. The lowest BCUT2D eigenvalue weighted by Crippen LogP contribution is -2.11. The predicted molar refractivity (Wildman–Crippen MR) is 85.9 cm³/mol. The summed E-state index contributed by atoms with van der Waals surface area (Å²) in [6.45, 7) is 4.42. The smallest absolute Gasteiger partial charge is 0.306 e. The minimum absolute atomic E-state index is 0.0899. The van der Waals surface area contributed by atoms with E-state index in [0.29, 0.717) is 34.6 Å². The standard InChI is InChI=1S/C16H20Cl2O4/c1-11(2)9-21-15(19)4-3-5-16(20)22-10-12-6-7-13(17)8-14(12)18/h6-8,11H,3-5,9-10H2,1-2H3. The zero-order chi connectivity index (χ0) is 16.5. The van der Waals surface area contributed by atoms with Crippen LogP contribution in [0.4, 0.5) is 0 Å². The second-order valence-corrected chi connectivity index (χ2v) is 6.17. The van der Waals surface area contributed by atoms with E-state index >= 15 is 0 Å². The van der Waals surface area contributed by atoms with Gasteiger partial charge in [-0.25, -0.2) is 0 Å². The van der Waals surface area contributed by atoms with Gasteiger partial charge in [0.1, 0.15) is 6.61 Å². The van der Waals surface area contributed by atoms with E-state index in [4.69, 9.17) is 32.7 Å². The topological polar surface area (TPSA) is 52.6 Å². The average Bonchev–Trinajstić information content (AvgIpc) is 2.44. The normalized spacial score (nSPS) is 10.6. The Morgan fingerprint density at radius 3 is 2.32 bits per heavy atom. The first-order valence-corrected chi connectivity index (χ1v) is 7.89. The van der Waals surface area contributed by atoms with Gasteiger partial charge in [0.25, 0.3) is 0 Å². The molecule has 0 aliphatic carbocycles. The van der Waals surface area contributed by atoms with Crippen molar-refractivity contribution in [3.63, 3.8) is 0 Å². The van der Waals surface area contributed by atoms with Crippen LogP contribution in [-0.2, 0) is 25.7 Å². The maximum atomic E-state index is 11.6. The van der Waals surface area contributed by atoms with E-state index in [-0.39, 0.29) is 31.4 Å². The number of hydrogen-bond acceptors (Lipinski definition) is 4. The summed E-state index contributed by atoms with van der Waals surface area (Å²) in [5.74, 6) is -0.358. The highest BCUT2D eigenvalue weighted by molar-refractivity contribution is 6.35. The molecule has 0 unspecified atom stereocenters. The van der Waals surface area contributed by atoms with E-state index in [1.54, 1.807) is 18.2 Å². The minimum atomic E-state index is -0.373. The van der Waals surface area contributed by atoms with Crippen LogP contribution < -0.4 is 0 Å². The molecule has 0 amide bonds. The van der Waals surface area contributed by atoms with Crippen molar-refractivity contribution in [2.24, 2.45) is 5.92 Å². The number of carbonyl (C=O) groups is 2. The van der Waals surface area contributed by atoms with Gasteiger partial charge in [-0.2, -0.15) is 0 Å². The lowest BCUT2D eigenvalue weighted by Gasteiger charge is -2.08. The number of ether oxygens (including phenoxy) is 2. The Labute approximate surface area is 140 Å². The van der Waals surface area contributed by atoms with Crippen molar-refractivity contribution in [3.05, 3.63) is 33.8 Å². The number of rotatable bonds is 8. The van der Waals surface area contributed by atoms with E-state index < -0.39 is 0 Å². The summed E-state index contributed by atoms with van der Waals surface area (Å²) >= 11 is 11.8. The Bertz CT molecular complexity index is 515. The molecule has 6 heteroatoms. The molecule has 1 aromatic rings. The van der Waals surface area contributed by atoms with E-state index in [9.17, 15) is 9.59 Å². The van der Waals surface area contributed by atoms with Crippen LogP contribution in [0.5, 0.6) is 0 Å². The van der Waals surface area contributed by atoms with Crippen molar-refractivity contribution in [3.8, 4) is 0 Å². The number of benzene rings is 1. The van der Waals surface area contributed by atoms with E-state index in [1.807, 2.05) is 13.8 Å². The van der Waals surface area contributed by atoms with Gasteiger partial charge in [0.2, 0.25) is 0 Å². The molecule has 122 valence electrons. The lowest BCUT2D eigenvalue weighted by atomic mass is 10.2. The Hall–Kier alpha value is -1.26. The van der Waals surface area contributed by atoms with Gasteiger partial charge >= 0.3 is 11.9 Å². The fraction of sp³-hybridized carbons (Fsp3) is 0.500. The molecule has 0 atom stereocenters. The van der Waals surface area contributed by atoms with Crippen LogP contribution in [0.15, 0.2) is 18.2 Å². The van der Waals surface area contributed by atoms with Crippen LogP contribution in [0.25, 0.3) is 0 Å². The van der Waals surface area contributed by atoms with Crippen LogP contribution in [0.2, 0.25) is 10.0 Å². The maximum Gasteiger partial charge on any atom is 0.306 e. The summed E-state index contributed by atoms with van der Waals surface area (Å²) in [6.07, 6.45) is 0.787. The van der Waals surface area contributed by atoms with Crippen LogP contribution in [0.3, 0.4) is 0 Å². The molecule has 4 nitrogen and oxygen atoms in total. The zero-order valence-electron chi connectivity index (χ0n) is 12.7. The monoisotopic (exact) mass is 346 g/mol. The third kappa shape index (κ3) is 7.66. The fourth-order valence-electron chi connectivity index (χ4n) is 1.58. The van der Waals surface area contributed by atoms with Crippen molar-refractivity contribution in [1.82, 2.24) is 0 Å². The summed E-state index contributed by atoms with van der Waals surface area (Å²) in [5, 5.41) is 0.984. The van der Waals surface area contributed by atoms with Gasteiger partial charge in [0, 0.05) is 28.5 Å². The summed E-state index contributed by atoms with van der Waals surface area (Å²) in [7, 11) is 0. The molecular formula is C16H20Cl2O4. The molecule has 0 saturated carbocycles. The first kappa shape index (κ1) is 18.8. The van der Waals surface area contributed by atoms with E-state index in [2.05, 4.69) is 0 Å². The third-order valence-corrected chi connectivity index (χ3v) is 3.33. The van der Waals surface area contributed by atoms with Gasteiger partial charge in [0.05, 0.1) is 6.61 Å². The highest BCUT2D eigenvalue weighted by Crippen LogP contribution is 2.21. The van der Waals surface area contributed by atoms with Crippen molar-refractivity contribution in [1.29, 1.82) is 0 Å². The summed E-state index contributed by atoms with van der Waals surface area (Å²) in [6, 6.07) is 4.99. The number of esters is 2. The Morgan fingerprint density at radius 2 is 1.73 bits per heavy atom. The molecule has 0 heterocycles. The average molecular weight is 347 g/mol. The molecule has 0 saturated heterocycles. The third-order valence-electron chi connectivity index (χ3n) is 2.74. The summed E-state index contributed by atoms with van der Waals surface area (Å²) < 4.78 is 10.1. The molecule has 0 bridgehead atoms. The molecule has 0 aliphatic rings. The largest absolute Gasteiger partial charge is 0.465 e. The van der Waals surface area contributed by atoms with E-state index in [1.165, 1.54) is 0 Å². The van der Waals surface area contributed by atoms with Gasteiger partial charge in [-0.1, -0.05) is 43.1 Å². The first-order valence-electron chi connectivity index (χ1n) is 7.13. The molecule has 0 aliphatic heterocycles. The molecule has 0 aromatic heterocycles. The van der Waals surface area contributed by atoms with Gasteiger partial charge in [-0.15, -0.1) is 0 Å². The van der Waals surface area contributed by atoms with Gasteiger partial charge < -0.3 is 9.47 Å². The maximum absolute atomic E-state index is 11.6. The van der Waals surface area contributed by atoms with Gasteiger partial charge in [-0.3, -0.25) is 9.59 Å². The second-order valence-electron chi connectivity index (χ2n) is 5.33. The van der Waals surface area contributed by atoms with Gasteiger partial charge in [-0.05, 0) is 24.5 Å². The molecule has 0 fully saturated rings. The highest BCUT2D eigenvalue weighted by Gasteiger charge is 2.09. The number of carbonyl (C=O) groups excluding carboxylic acids is 2. The molecule has 1 rings (SSSR count). The zero-order valence-corrected chi connectivity index (χ0v) is 14.2. The molecule has 1 aromatic carbocycles. The predicted octanol–water partition coefficient (Wildman–Crippen LogP) is 4.41. The number of hydrogen-bond donors (Lipinski definition) is 0. The van der Waals surface area contributed by atoms with Crippen LogP contribution in [-0.4, -0.2) is 18.5 Å². The Morgan fingerprint density at radius 1 is 1.09 bits per heavy atom. The Kier molecular flexibility index (Phi) is 8.28. The molecule has 0 N–H and O–H groups in total. The molecule has 22 heavy (non-hydrogen) atoms. The van der Waals surface area contributed by atoms with Crippen LogP contribution >= 0.6 is 23.2 Å². The minimum Gasteiger partial charge on any atom is -0.465 e. The van der Waals surface area contributed by atoms with Crippen LogP contribution in [0.1, 0.15) is 38.7 Å². The number of halogens is 2. The first-order chi connectivity index (χ1) is 10.4. The highest BCUT2D eigenvalue weighted by atomic mass is 35.5.